The lowest BCUT2D eigenvalue weighted by molar-refractivity contribution is 0.392. The van der Waals surface area contributed by atoms with Gasteiger partial charge in [-0.15, -0.1) is 0 Å². The van der Waals surface area contributed by atoms with E-state index >= 15 is 0 Å². The van der Waals surface area contributed by atoms with Crippen molar-refractivity contribution in [1.29, 1.82) is 0 Å². The fourth-order valence-electron chi connectivity index (χ4n) is 4.20. The molecule has 1 saturated heterocycles. The highest BCUT2D eigenvalue weighted by atomic mass is 35.5. The Labute approximate surface area is 218 Å². The molecule has 0 spiro atoms. The number of halogens is 2. The van der Waals surface area contributed by atoms with Crippen LogP contribution in [0, 0.1) is 0 Å². The average Bonchev–Trinajstić information content (AvgIpc) is 3.50. The van der Waals surface area contributed by atoms with E-state index in [0.29, 0.717) is 38.2 Å². The van der Waals surface area contributed by atoms with E-state index < -0.39 is 0 Å². The summed E-state index contributed by atoms with van der Waals surface area (Å²) in [6.07, 6.45) is 1.76. The first-order valence-corrected chi connectivity index (χ1v) is 11.9. The van der Waals surface area contributed by atoms with Crippen LogP contribution in [0.1, 0.15) is 23.5 Å². The number of hydrogen-bond donors (Lipinski definition) is 1. The highest BCUT2D eigenvalue weighted by Gasteiger charge is 2.43. The van der Waals surface area contributed by atoms with Gasteiger partial charge < -0.3 is 24.1 Å². The summed E-state index contributed by atoms with van der Waals surface area (Å²) < 4.78 is 17.5. The molecule has 2 aromatic carbocycles. The highest BCUT2D eigenvalue weighted by Crippen LogP contribution is 2.46. The molecule has 2 aromatic heterocycles. The van der Waals surface area contributed by atoms with E-state index in [0.717, 1.165) is 16.9 Å². The Hall–Kier alpha value is -3.26. The fraction of sp³-hybridized carbons (Fsp3) is 0.154. The molecule has 35 heavy (non-hydrogen) atoms. The third kappa shape index (κ3) is 4.43. The van der Waals surface area contributed by atoms with Crippen LogP contribution in [0.3, 0.4) is 0 Å². The molecular weight excluding hydrogens is 505 g/mol. The summed E-state index contributed by atoms with van der Waals surface area (Å²) in [5.74, 6) is 2.67. The number of rotatable bonds is 6. The van der Waals surface area contributed by atoms with Gasteiger partial charge in [-0.25, -0.2) is 0 Å². The Bertz CT molecular complexity index is 1380. The summed E-state index contributed by atoms with van der Waals surface area (Å²) in [6.45, 7) is 0. The Morgan fingerprint density at radius 3 is 2.54 bits per heavy atom. The Kier molecular flexibility index (Phi) is 6.56. The second-order valence-corrected chi connectivity index (χ2v) is 9.07. The molecule has 1 aliphatic rings. The quantitative estimate of drug-likeness (QED) is 0.276. The van der Waals surface area contributed by atoms with E-state index in [9.17, 15) is 0 Å². The summed E-state index contributed by atoms with van der Waals surface area (Å²) in [5.41, 5.74) is 2.44. The summed E-state index contributed by atoms with van der Waals surface area (Å²) in [7, 11) is 3.23. The van der Waals surface area contributed by atoms with Gasteiger partial charge >= 0.3 is 0 Å². The third-order valence-electron chi connectivity index (χ3n) is 5.87. The van der Waals surface area contributed by atoms with Gasteiger partial charge in [0, 0.05) is 17.8 Å². The number of nitrogens with one attached hydrogen (secondary N) is 1. The minimum Gasteiger partial charge on any atom is -0.497 e. The number of aromatic nitrogens is 1. The highest BCUT2D eigenvalue weighted by molar-refractivity contribution is 7.80. The Morgan fingerprint density at radius 2 is 1.83 bits per heavy atom. The van der Waals surface area contributed by atoms with Crippen LogP contribution in [0.4, 0.5) is 5.69 Å². The van der Waals surface area contributed by atoms with Gasteiger partial charge in [-0.2, -0.15) is 0 Å². The lowest BCUT2D eigenvalue weighted by atomic mass is 10.0. The van der Waals surface area contributed by atoms with Crippen LogP contribution in [-0.4, -0.2) is 24.3 Å². The molecule has 0 unspecified atom stereocenters. The topological polar surface area (TPSA) is 59.8 Å². The molecular formula is C26H21Cl2N3O3S. The van der Waals surface area contributed by atoms with Gasteiger partial charge in [-0.3, -0.25) is 4.98 Å². The van der Waals surface area contributed by atoms with E-state index in [-0.39, 0.29) is 12.1 Å². The van der Waals surface area contributed by atoms with Crippen molar-refractivity contribution in [3.05, 3.63) is 94.4 Å². The maximum absolute atomic E-state index is 6.38. The first kappa shape index (κ1) is 23.5. The van der Waals surface area contributed by atoms with E-state index in [4.69, 9.17) is 49.3 Å². The molecule has 3 heterocycles. The number of thiocarbonyl (C=S) groups is 1. The SMILES string of the molecule is COc1ccc(N2C(=S)N[C@@H](c3ccccn3)[C@@H]2c2ccc(-c3ccc(Cl)c(Cl)c3)o2)c(OC)c1. The Morgan fingerprint density at radius 1 is 0.971 bits per heavy atom. The first-order valence-electron chi connectivity index (χ1n) is 10.8. The van der Waals surface area contributed by atoms with Crippen molar-refractivity contribution in [3.8, 4) is 22.8 Å². The minimum absolute atomic E-state index is 0.261. The summed E-state index contributed by atoms with van der Waals surface area (Å²) >= 11 is 18.1. The fourth-order valence-corrected chi connectivity index (χ4v) is 4.84. The van der Waals surface area contributed by atoms with Gasteiger partial charge in [-0.05, 0) is 66.8 Å². The van der Waals surface area contributed by atoms with Gasteiger partial charge in [0.2, 0.25) is 0 Å². The van der Waals surface area contributed by atoms with Crippen LogP contribution in [-0.2, 0) is 0 Å². The van der Waals surface area contributed by atoms with Gasteiger partial charge in [-0.1, -0.05) is 29.3 Å². The number of benzene rings is 2. The molecule has 1 aliphatic heterocycles. The summed E-state index contributed by atoms with van der Waals surface area (Å²) in [5, 5.41) is 4.90. The molecule has 1 fully saturated rings. The van der Waals surface area contributed by atoms with E-state index in [1.54, 1.807) is 32.5 Å². The molecule has 0 bridgehead atoms. The number of hydrogen-bond acceptors (Lipinski definition) is 5. The first-order chi connectivity index (χ1) is 17.0. The largest absolute Gasteiger partial charge is 0.497 e. The minimum atomic E-state index is -0.337. The maximum Gasteiger partial charge on any atom is 0.174 e. The number of methoxy groups -OCH3 is 2. The number of nitrogens with zero attached hydrogens (tertiary/aromatic N) is 2. The molecule has 4 aromatic rings. The molecule has 1 N–H and O–H groups in total. The number of anilines is 1. The average molecular weight is 526 g/mol. The summed E-state index contributed by atoms with van der Waals surface area (Å²) in [4.78, 5) is 6.57. The second kappa shape index (κ2) is 9.77. The molecule has 0 amide bonds. The predicted octanol–water partition coefficient (Wildman–Crippen LogP) is 6.84. The van der Waals surface area contributed by atoms with Crippen molar-refractivity contribution < 1.29 is 13.9 Å². The van der Waals surface area contributed by atoms with Crippen LogP contribution in [0.2, 0.25) is 10.0 Å². The van der Waals surface area contributed by atoms with Crippen molar-refractivity contribution in [2.75, 3.05) is 19.1 Å². The lowest BCUT2D eigenvalue weighted by Crippen LogP contribution is -2.29. The zero-order valence-corrected chi connectivity index (χ0v) is 21.2. The van der Waals surface area contributed by atoms with E-state index in [1.165, 1.54) is 0 Å². The maximum atomic E-state index is 6.38. The van der Waals surface area contributed by atoms with Crippen molar-refractivity contribution in [2.24, 2.45) is 0 Å². The van der Waals surface area contributed by atoms with Crippen LogP contribution >= 0.6 is 35.4 Å². The van der Waals surface area contributed by atoms with Crippen molar-refractivity contribution >= 4 is 46.2 Å². The standard InChI is InChI=1S/C26H21Cl2N3O3S/c1-32-16-7-9-20(23(14-16)33-2)31-25(24(30-26(31)35)19-5-3-4-12-29-19)22-11-10-21(34-22)15-6-8-17(27)18(28)13-15/h3-14,24-25H,1-2H3,(H,30,35)/t24-,25-/m0/s1. The predicted molar refractivity (Wildman–Crippen MR) is 142 cm³/mol. The van der Waals surface area contributed by atoms with Crippen molar-refractivity contribution in [3.63, 3.8) is 0 Å². The number of pyridine rings is 1. The molecule has 9 heteroatoms. The molecule has 6 nitrogen and oxygen atoms in total. The number of furan rings is 1. The van der Waals surface area contributed by atoms with Crippen molar-refractivity contribution in [1.82, 2.24) is 10.3 Å². The zero-order chi connectivity index (χ0) is 24.5. The zero-order valence-electron chi connectivity index (χ0n) is 18.9. The molecule has 0 aliphatic carbocycles. The molecule has 2 atom stereocenters. The second-order valence-electron chi connectivity index (χ2n) is 7.87. The molecule has 0 radical (unpaired) electrons. The Balaban J connectivity index is 1.62. The normalized spacial score (nSPS) is 17.4. The van der Waals surface area contributed by atoms with Crippen LogP contribution in [0.25, 0.3) is 11.3 Å². The van der Waals surface area contributed by atoms with Gasteiger partial charge in [0.15, 0.2) is 5.11 Å². The van der Waals surface area contributed by atoms with Crippen LogP contribution in [0.15, 0.2) is 77.3 Å². The monoisotopic (exact) mass is 525 g/mol. The molecule has 5 rings (SSSR count). The van der Waals surface area contributed by atoms with Crippen LogP contribution in [0.5, 0.6) is 11.5 Å². The summed E-state index contributed by atoms with van der Waals surface area (Å²) in [6, 6.07) is 20.1. The smallest absolute Gasteiger partial charge is 0.174 e. The van der Waals surface area contributed by atoms with Gasteiger partial charge in [0.05, 0.1) is 41.7 Å². The van der Waals surface area contributed by atoms with Crippen molar-refractivity contribution in [2.45, 2.75) is 12.1 Å². The van der Waals surface area contributed by atoms with Crippen LogP contribution < -0.4 is 19.7 Å². The van der Waals surface area contributed by atoms with E-state index in [2.05, 4.69) is 10.3 Å². The molecule has 178 valence electrons. The van der Waals surface area contributed by atoms with Gasteiger partial charge in [0.25, 0.3) is 0 Å². The lowest BCUT2D eigenvalue weighted by Gasteiger charge is -2.27. The molecule has 0 saturated carbocycles. The van der Waals surface area contributed by atoms with E-state index in [1.807, 2.05) is 59.5 Å². The van der Waals surface area contributed by atoms with Gasteiger partial charge in [0.1, 0.15) is 29.1 Å². The number of ether oxygens (including phenoxy) is 2. The third-order valence-corrected chi connectivity index (χ3v) is 6.92.